The smallest absolute Gasteiger partial charge is 0.423 e. The Kier molecular flexibility index (Phi) is 5.80. The van der Waals surface area contributed by atoms with Gasteiger partial charge in [-0.05, 0) is 48.2 Å². The lowest BCUT2D eigenvalue weighted by Crippen LogP contribution is -2.30. The zero-order valence-corrected chi connectivity index (χ0v) is 12.6. The van der Waals surface area contributed by atoms with E-state index in [2.05, 4.69) is 0 Å². The molecule has 4 N–H and O–H groups in total. The highest BCUT2D eigenvalue weighted by Gasteiger charge is 2.12. The second-order valence-corrected chi connectivity index (χ2v) is 5.60. The van der Waals surface area contributed by atoms with E-state index in [4.69, 9.17) is 0 Å². The van der Waals surface area contributed by atoms with Crippen LogP contribution in [0, 0.1) is 6.92 Å². The molecular formula is C16H20B2O4. The van der Waals surface area contributed by atoms with Crippen molar-refractivity contribution in [3.05, 3.63) is 59.2 Å². The van der Waals surface area contributed by atoms with E-state index in [-0.39, 0.29) is 0 Å². The Balaban J connectivity index is 1.98. The summed E-state index contributed by atoms with van der Waals surface area (Å²) in [5.74, 6) is 0. The second kappa shape index (κ2) is 7.61. The molecule has 0 saturated carbocycles. The zero-order valence-electron chi connectivity index (χ0n) is 12.6. The maximum Gasteiger partial charge on any atom is 0.488 e. The van der Waals surface area contributed by atoms with Gasteiger partial charge < -0.3 is 20.1 Å². The van der Waals surface area contributed by atoms with Crippen LogP contribution in [0.25, 0.3) is 0 Å². The van der Waals surface area contributed by atoms with E-state index < -0.39 is 14.2 Å². The van der Waals surface area contributed by atoms with Crippen LogP contribution in [0.5, 0.6) is 0 Å². The zero-order chi connectivity index (χ0) is 16.1. The largest absolute Gasteiger partial charge is 0.488 e. The van der Waals surface area contributed by atoms with Gasteiger partial charge in [0, 0.05) is 0 Å². The third-order valence-electron chi connectivity index (χ3n) is 3.64. The molecule has 0 aliphatic rings. The summed E-state index contributed by atoms with van der Waals surface area (Å²) in [6, 6.07) is 12.9. The molecule has 0 aliphatic heterocycles. The van der Waals surface area contributed by atoms with Gasteiger partial charge in [-0.25, -0.2) is 0 Å². The van der Waals surface area contributed by atoms with E-state index in [0.29, 0.717) is 10.9 Å². The minimum atomic E-state index is -1.44. The van der Waals surface area contributed by atoms with Gasteiger partial charge in [0.25, 0.3) is 0 Å². The molecule has 114 valence electrons. The molecule has 0 fully saturated rings. The molecule has 2 rings (SSSR count). The number of rotatable bonds is 6. The van der Waals surface area contributed by atoms with Crippen molar-refractivity contribution in [2.45, 2.75) is 26.2 Å². The number of aryl methyl sites for hydroxylation is 3. The molecule has 0 amide bonds. The fourth-order valence-corrected chi connectivity index (χ4v) is 2.59. The van der Waals surface area contributed by atoms with Crippen LogP contribution in [0.2, 0.25) is 0 Å². The third kappa shape index (κ3) is 4.71. The number of benzene rings is 2. The molecule has 0 aliphatic carbocycles. The highest BCUT2D eigenvalue weighted by Crippen LogP contribution is 2.09. The molecule has 0 saturated heterocycles. The quantitative estimate of drug-likeness (QED) is 0.544. The van der Waals surface area contributed by atoms with Crippen LogP contribution in [0.3, 0.4) is 0 Å². The normalized spacial score (nSPS) is 10.6. The summed E-state index contributed by atoms with van der Waals surface area (Å²) in [5.41, 5.74) is 4.15. The van der Waals surface area contributed by atoms with Gasteiger partial charge in [0.15, 0.2) is 0 Å². The second-order valence-electron chi connectivity index (χ2n) is 5.60. The Hall–Kier alpha value is -1.59. The summed E-state index contributed by atoms with van der Waals surface area (Å²) >= 11 is 0. The lowest BCUT2D eigenvalue weighted by Gasteiger charge is -2.08. The summed E-state index contributed by atoms with van der Waals surface area (Å²) in [4.78, 5) is 0. The molecule has 2 aromatic rings. The van der Waals surface area contributed by atoms with E-state index in [1.54, 1.807) is 18.2 Å². The van der Waals surface area contributed by atoms with Crippen molar-refractivity contribution in [1.29, 1.82) is 0 Å². The summed E-state index contributed by atoms with van der Waals surface area (Å²) in [7, 11) is -2.88. The van der Waals surface area contributed by atoms with E-state index in [0.717, 1.165) is 36.0 Å². The molecule has 0 atom stereocenters. The van der Waals surface area contributed by atoms with Gasteiger partial charge in [0.2, 0.25) is 0 Å². The highest BCUT2D eigenvalue weighted by molar-refractivity contribution is 6.59. The van der Waals surface area contributed by atoms with Crippen LogP contribution in [0.15, 0.2) is 42.5 Å². The van der Waals surface area contributed by atoms with E-state index in [9.17, 15) is 20.1 Å². The topological polar surface area (TPSA) is 80.9 Å². The molecule has 0 heterocycles. The Morgan fingerprint density at radius 3 is 2.09 bits per heavy atom. The Morgan fingerprint density at radius 2 is 1.41 bits per heavy atom. The SMILES string of the molecule is Cc1cc(CCCc2cccc(B(O)O)c2)cc(B(O)O)c1. The minimum absolute atomic E-state index is 0.499. The fraction of sp³-hybridized carbons (Fsp3) is 0.250. The van der Waals surface area contributed by atoms with Crippen molar-refractivity contribution in [1.82, 2.24) is 0 Å². The first-order chi connectivity index (χ1) is 10.5. The van der Waals surface area contributed by atoms with Gasteiger partial charge in [-0.15, -0.1) is 0 Å². The van der Waals surface area contributed by atoms with Crippen LogP contribution in [0.4, 0.5) is 0 Å². The summed E-state index contributed by atoms with van der Waals surface area (Å²) in [5, 5.41) is 36.9. The lowest BCUT2D eigenvalue weighted by molar-refractivity contribution is 0.424. The van der Waals surface area contributed by atoms with Crippen LogP contribution in [0.1, 0.15) is 23.1 Å². The lowest BCUT2D eigenvalue weighted by atomic mass is 9.78. The molecule has 4 nitrogen and oxygen atoms in total. The van der Waals surface area contributed by atoms with Crippen molar-refractivity contribution in [2.24, 2.45) is 0 Å². The maximum atomic E-state index is 9.27. The summed E-state index contributed by atoms with van der Waals surface area (Å²) in [6.07, 6.45) is 2.55. The number of hydrogen-bond acceptors (Lipinski definition) is 4. The van der Waals surface area contributed by atoms with Crippen molar-refractivity contribution < 1.29 is 20.1 Å². The monoisotopic (exact) mass is 298 g/mol. The first-order valence-electron chi connectivity index (χ1n) is 7.37. The van der Waals surface area contributed by atoms with E-state index in [1.807, 2.05) is 31.2 Å². The van der Waals surface area contributed by atoms with Gasteiger partial charge in [-0.3, -0.25) is 0 Å². The van der Waals surface area contributed by atoms with Crippen LogP contribution >= 0.6 is 0 Å². The molecule has 0 unspecified atom stereocenters. The molecular weight excluding hydrogens is 278 g/mol. The Labute approximate surface area is 131 Å². The van der Waals surface area contributed by atoms with E-state index in [1.165, 1.54) is 0 Å². The first-order valence-corrected chi connectivity index (χ1v) is 7.37. The predicted molar refractivity (Wildman–Crippen MR) is 89.3 cm³/mol. The highest BCUT2D eigenvalue weighted by atomic mass is 16.4. The Morgan fingerprint density at radius 1 is 0.773 bits per heavy atom. The minimum Gasteiger partial charge on any atom is -0.423 e. The van der Waals surface area contributed by atoms with Gasteiger partial charge in [0.05, 0.1) is 0 Å². The predicted octanol–water partition coefficient (Wildman–Crippen LogP) is -0.470. The molecule has 2 aromatic carbocycles. The van der Waals surface area contributed by atoms with Crippen molar-refractivity contribution in [3.63, 3.8) is 0 Å². The van der Waals surface area contributed by atoms with Crippen LogP contribution < -0.4 is 10.9 Å². The first kappa shape index (κ1) is 16.8. The maximum absolute atomic E-state index is 9.27. The van der Waals surface area contributed by atoms with Gasteiger partial charge in [-0.1, -0.05) is 48.0 Å². The average Bonchev–Trinajstić information content (AvgIpc) is 2.47. The standard InChI is InChI=1S/C16H20B2O4/c1-12-8-14(11-16(9-12)18(21)22)6-2-4-13-5-3-7-15(10-13)17(19)20/h3,5,7-11,19-22H,2,4,6H2,1H3. The fourth-order valence-electron chi connectivity index (χ4n) is 2.59. The molecule has 0 radical (unpaired) electrons. The Bertz CT molecular complexity index is 629. The van der Waals surface area contributed by atoms with Crippen LogP contribution in [-0.2, 0) is 12.8 Å². The molecule has 0 bridgehead atoms. The molecule has 6 heteroatoms. The van der Waals surface area contributed by atoms with Crippen molar-refractivity contribution >= 4 is 25.2 Å². The van der Waals surface area contributed by atoms with Gasteiger partial charge in [0.1, 0.15) is 0 Å². The van der Waals surface area contributed by atoms with Crippen molar-refractivity contribution in [3.8, 4) is 0 Å². The van der Waals surface area contributed by atoms with Crippen LogP contribution in [-0.4, -0.2) is 34.3 Å². The third-order valence-corrected chi connectivity index (χ3v) is 3.64. The molecule has 0 spiro atoms. The summed E-state index contributed by atoms with van der Waals surface area (Å²) in [6.45, 7) is 1.93. The van der Waals surface area contributed by atoms with E-state index >= 15 is 0 Å². The van der Waals surface area contributed by atoms with Crippen molar-refractivity contribution in [2.75, 3.05) is 0 Å². The van der Waals surface area contributed by atoms with Gasteiger partial charge in [-0.2, -0.15) is 0 Å². The number of hydrogen-bond donors (Lipinski definition) is 4. The average molecular weight is 298 g/mol. The molecule has 22 heavy (non-hydrogen) atoms. The molecule has 0 aromatic heterocycles. The summed E-state index contributed by atoms with van der Waals surface area (Å²) < 4.78 is 0. The van der Waals surface area contributed by atoms with Gasteiger partial charge >= 0.3 is 14.2 Å².